The lowest BCUT2D eigenvalue weighted by molar-refractivity contribution is 0.436. The predicted octanol–water partition coefficient (Wildman–Crippen LogP) is 9.69. The molecule has 2 aliphatic heterocycles. The van der Waals surface area contributed by atoms with Crippen molar-refractivity contribution in [1.29, 1.82) is 0 Å². The summed E-state index contributed by atoms with van der Waals surface area (Å²) in [5.74, 6) is 1.67. The first-order valence-electron chi connectivity index (χ1n) is 16.0. The summed E-state index contributed by atoms with van der Waals surface area (Å²) in [6.45, 7) is 0. The number of hydrogen-bond donors (Lipinski definition) is 0. The minimum atomic E-state index is -0.502. The van der Waals surface area contributed by atoms with Crippen LogP contribution in [0.5, 0.6) is 11.5 Å². The number of benzene rings is 7. The topological polar surface area (TPSA) is 28.3 Å². The fourth-order valence-electron chi connectivity index (χ4n) is 8.06. The molecule has 4 heterocycles. The highest BCUT2D eigenvalue weighted by Crippen LogP contribution is 2.45. The highest BCUT2D eigenvalue weighted by atomic mass is 16.6. The van der Waals surface area contributed by atoms with Crippen molar-refractivity contribution in [2.75, 3.05) is 0 Å². The Balaban J connectivity index is 1.30. The molecule has 0 N–H and O–H groups in total. The van der Waals surface area contributed by atoms with Gasteiger partial charge in [-0.3, -0.25) is 0 Å². The predicted molar refractivity (Wildman–Crippen MR) is 193 cm³/mol. The van der Waals surface area contributed by atoms with Gasteiger partial charge in [-0.2, -0.15) is 0 Å². The average molecular weight is 600 g/mol. The van der Waals surface area contributed by atoms with Crippen molar-refractivity contribution in [2.24, 2.45) is 0 Å². The number of aromatic nitrogens is 2. The first-order chi connectivity index (χ1) is 23.3. The first kappa shape index (κ1) is 25.0. The van der Waals surface area contributed by atoms with Gasteiger partial charge in [-0.15, -0.1) is 0 Å². The third-order valence-corrected chi connectivity index (χ3v) is 9.97. The normalized spacial score (nSPS) is 13.0. The van der Waals surface area contributed by atoms with Crippen LogP contribution in [0.15, 0.2) is 152 Å². The maximum atomic E-state index is 6.47. The molecule has 0 amide bonds. The van der Waals surface area contributed by atoms with E-state index in [0.29, 0.717) is 0 Å². The molecule has 0 fully saturated rings. The summed E-state index contributed by atoms with van der Waals surface area (Å²) in [5, 5.41) is 4.97. The lowest BCUT2D eigenvalue weighted by Crippen LogP contribution is -2.49. The summed E-state index contributed by atoms with van der Waals surface area (Å²) < 4.78 is 17.8. The van der Waals surface area contributed by atoms with Crippen molar-refractivity contribution in [3.63, 3.8) is 0 Å². The fourth-order valence-corrected chi connectivity index (χ4v) is 8.06. The van der Waals surface area contributed by atoms with Crippen molar-refractivity contribution in [1.82, 2.24) is 9.13 Å². The maximum Gasteiger partial charge on any atom is 0.633 e. The van der Waals surface area contributed by atoms with Gasteiger partial charge in [-0.25, -0.2) is 0 Å². The SMILES string of the molecule is c1ccc(-n2c3ccccc3c3ccc4c(c5ccccc5n4-c4cc5c6c(c4)-c4ccccc4OB6Oc4ccccc4-5)c32)cc1. The summed E-state index contributed by atoms with van der Waals surface area (Å²) in [6.07, 6.45) is 0. The zero-order valence-corrected chi connectivity index (χ0v) is 25.2. The van der Waals surface area contributed by atoms with Crippen LogP contribution in [0.4, 0.5) is 0 Å². The van der Waals surface area contributed by atoms with Crippen molar-refractivity contribution >= 4 is 56.2 Å². The van der Waals surface area contributed by atoms with Crippen LogP contribution < -0.4 is 14.8 Å². The maximum absolute atomic E-state index is 6.47. The third kappa shape index (κ3) is 3.32. The van der Waals surface area contributed by atoms with Crippen molar-refractivity contribution in [3.05, 3.63) is 152 Å². The summed E-state index contributed by atoms with van der Waals surface area (Å²) >= 11 is 0. The number of fused-ring (bicyclic) bond motifs is 11. The Kier molecular flexibility index (Phi) is 4.89. The molecule has 4 nitrogen and oxygen atoms in total. The molecule has 218 valence electrons. The van der Waals surface area contributed by atoms with E-state index >= 15 is 0 Å². The van der Waals surface area contributed by atoms with E-state index in [0.717, 1.165) is 50.6 Å². The third-order valence-electron chi connectivity index (χ3n) is 9.97. The lowest BCUT2D eigenvalue weighted by Gasteiger charge is -2.32. The van der Waals surface area contributed by atoms with Gasteiger partial charge in [0.1, 0.15) is 11.5 Å². The van der Waals surface area contributed by atoms with Gasteiger partial charge in [-0.05, 0) is 65.7 Å². The Labute approximate surface area is 270 Å². The second kappa shape index (κ2) is 9.18. The Morgan fingerprint density at radius 3 is 1.68 bits per heavy atom. The van der Waals surface area contributed by atoms with Crippen molar-refractivity contribution in [2.45, 2.75) is 0 Å². The van der Waals surface area contributed by atoms with E-state index in [1.54, 1.807) is 0 Å². The van der Waals surface area contributed by atoms with Gasteiger partial charge in [0.05, 0.1) is 22.1 Å². The highest BCUT2D eigenvalue weighted by Gasteiger charge is 2.42. The van der Waals surface area contributed by atoms with Crippen LogP contribution >= 0.6 is 0 Å². The second-order valence-electron chi connectivity index (χ2n) is 12.4. The standard InChI is InChI=1S/C42H25BN2O2/c1-2-12-26(13-3-1)45-35-18-8-4-14-28(35)31-22-23-37-40(42(31)45)32-17-5-9-19-36(32)44(37)27-24-33-29-15-6-10-20-38(29)46-43-41(33)34(25-27)30-16-7-11-21-39(30)47-43/h1-25H. The smallest absolute Gasteiger partial charge is 0.521 e. The molecule has 7 aromatic carbocycles. The molecular formula is C42H25BN2O2. The van der Waals surface area contributed by atoms with Gasteiger partial charge < -0.3 is 18.4 Å². The van der Waals surface area contributed by atoms with E-state index in [2.05, 4.69) is 137 Å². The largest absolute Gasteiger partial charge is 0.633 e. The number of hydrogen-bond acceptors (Lipinski definition) is 2. The molecule has 0 bridgehead atoms. The van der Waals surface area contributed by atoms with Crippen LogP contribution in [0, 0.1) is 0 Å². The fraction of sp³-hybridized carbons (Fsp3) is 0. The molecule has 0 spiro atoms. The van der Waals surface area contributed by atoms with Crippen LogP contribution in [0.3, 0.4) is 0 Å². The molecular weight excluding hydrogens is 575 g/mol. The molecule has 0 radical (unpaired) electrons. The van der Waals surface area contributed by atoms with E-state index in [1.165, 1.54) is 43.6 Å². The second-order valence-corrected chi connectivity index (χ2v) is 12.4. The first-order valence-corrected chi connectivity index (χ1v) is 16.0. The van der Waals surface area contributed by atoms with Gasteiger partial charge in [0.2, 0.25) is 0 Å². The highest BCUT2D eigenvalue weighted by molar-refractivity contribution is 6.68. The van der Waals surface area contributed by atoms with Gasteiger partial charge in [-0.1, -0.05) is 97.1 Å². The van der Waals surface area contributed by atoms with E-state index in [1.807, 2.05) is 24.3 Å². The Hall–Kier alpha value is -6.20. The molecule has 0 atom stereocenters. The van der Waals surface area contributed by atoms with Crippen LogP contribution in [0.2, 0.25) is 0 Å². The minimum absolute atomic E-state index is 0.502. The summed E-state index contributed by atoms with van der Waals surface area (Å²) in [5.41, 5.74) is 12.6. The van der Waals surface area contributed by atoms with Gasteiger partial charge in [0, 0.05) is 49.5 Å². The Morgan fingerprint density at radius 2 is 0.979 bits per heavy atom. The Bertz CT molecular complexity index is 2690. The van der Waals surface area contributed by atoms with Gasteiger partial charge in [0.25, 0.3) is 0 Å². The van der Waals surface area contributed by atoms with Crippen LogP contribution in [-0.2, 0) is 0 Å². The molecule has 0 saturated carbocycles. The zero-order chi connectivity index (χ0) is 30.6. The molecule has 9 aromatic rings. The van der Waals surface area contributed by atoms with Crippen molar-refractivity contribution in [3.8, 4) is 45.1 Å². The summed E-state index contributed by atoms with van der Waals surface area (Å²) in [4.78, 5) is 0. The molecule has 2 aromatic heterocycles. The van der Waals surface area contributed by atoms with E-state index in [-0.39, 0.29) is 0 Å². The van der Waals surface area contributed by atoms with Crippen LogP contribution in [0.25, 0.3) is 77.2 Å². The lowest BCUT2D eigenvalue weighted by atomic mass is 9.66. The zero-order valence-electron chi connectivity index (χ0n) is 25.2. The van der Waals surface area contributed by atoms with Crippen molar-refractivity contribution < 1.29 is 9.31 Å². The minimum Gasteiger partial charge on any atom is -0.521 e. The summed E-state index contributed by atoms with van der Waals surface area (Å²) in [6, 6.07) is 54.1. The van der Waals surface area contributed by atoms with Crippen LogP contribution in [0.1, 0.15) is 0 Å². The monoisotopic (exact) mass is 600 g/mol. The number of nitrogens with zero attached hydrogens (tertiary/aromatic N) is 2. The molecule has 0 unspecified atom stereocenters. The van der Waals surface area contributed by atoms with Gasteiger partial charge >= 0.3 is 7.12 Å². The molecule has 0 saturated heterocycles. The quantitative estimate of drug-likeness (QED) is 0.185. The molecule has 2 aliphatic rings. The van der Waals surface area contributed by atoms with E-state index in [4.69, 9.17) is 9.31 Å². The number of para-hydroxylation sites is 5. The van der Waals surface area contributed by atoms with E-state index < -0.39 is 7.12 Å². The average Bonchev–Trinajstić information content (AvgIpc) is 3.65. The van der Waals surface area contributed by atoms with E-state index in [9.17, 15) is 0 Å². The number of rotatable bonds is 2. The molecule has 11 rings (SSSR count). The van der Waals surface area contributed by atoms with Crippen LogP contribution in [-0.4, -0.2) is 16.3 Å². The molecule has 5 heteroatoms. The molecule has 0 aliphatic carbocycles. The van der Waals surface area contributed by atoms with Gasteiger partial charge in [0.15, 0.2) is 0 Å². The summed E-state index contributed by atoms with van der Waals surface area (Å²) in [7, 11) is -0.502. The Morgan fingerprint density at radius 1 is 0.404 bits per heavy atom. The molecule has 47 heavy (non-hydrogen) atoms.